The molecule has 1 aromatic carbocycles. The van der Waals surface area contributed by atoms with Crippen molar-refractivity contribution in [2.24, 2.45) is 10.8 Å². The van der Waals surface area contributed by atoms with Crippen molar-refractivity contribution in [1.29, 1.82) is 0 Å². The smallest absolute Gasteiger partial charge is 0.418 e. The number of thioether (sulfide) groups is 1. The second-order valence-electron chi connectivity index (χ2n) is 15.0. The van der Waals surface area contributed by atoms with E-state index < -0.39 is 7.25 Å². The van der Waals surface area contributed by atoms with E-state index >= 15 is 0 Å². The van der Waals surface area contributed by atoms with Gasteiger partial charge in [0.1, 0.15) is 0 Å². The van der Waals surface area contributed by atoms with Crippen molar-refractivity contribution in [3.05, 3.63) is 95.4 Å². The third kappa shape index (κ3) is 12.7. The van der Waals surface area contributed by atoms with Crippen LogP contribution in [0.3, 0.4) is 0 Å². The van der Waals surface area contributed by atoms with Crippen LogP contribution in [0.2, 0.25) is 0 Å². The van der Waals surface area contributed by atoms with Crippen molar-refractivity contribution < 1.29 is 17.3 Å². The van der Waals surface area contributed by atoms with Crippen LogP contribution in [0, 0.1) is 10.8 Å². The maximum Gasteiger partial charge on any atom is 0.673 e. The molecule has 0 nitrogen and oxygen atoms in total. The predicted molar refractivity (Wildman–Crippen MR) is 189 cm³/mol. The Morgan fingerprint density at radius 1 is 0.698 bits per heavy atom. The van der Waals surface area contributed by atoms with Crippen LogP contribution >= 0.6 is 39.0 Å². The molecule has 0 atom stereocenters. The van der Waals surface area contributed by atoms with Gasteiger partial charge in [0.2, 0.25) is 21.1 Å². The van der Waals surface area contributed by atoms with E-state index in [1.807, 2.05) is 23.1 Å². The van der Waals surface area contributed by atoms with Crippen LogP contribution in [-0.2, 0) is 10.8 Å². The van der Waals surface area contributed by atoms with Gasteiger partial charge in [-0.3, -0.25) is 0 Å². The zero-order chi connectivity index (χ0) is 33.2. The Hall–Kier alpha value is -1.64. The maximum atomic E-state index is 9.75. The van der Waals surface area contributed by atoms with Gasteiger partial charge in [0.15, 0.2) is 0 Å². The highest BCUT2D eigenvalue weighted by atomic mass is 79.9. The molecule has 0 aliphatic carbocycles. The Morgan fingerprint density at radius 3 is 1.44 bits per heavy atom. The summed E-state index contributed by atoms with van der Waals surface area (Å²) in [6.45, 7) is 27.8. The molecule has 8 heteroatoms. The third-order valence-electron chi connectivity index (χ3n) is 6.41. The summed E-state index contributed by atoms with van der Waals surface area (Å²) in [7, 11) is -6.00. The van der Waals surface area contributed by atoms with Gasteiger partial charge in [-0.1, -0.05) is 123 Å². The molecule has 3 rings (SSSR count). The Kier molecular flexibility index (Phi) is 12.0. The molecule has 0 N–H and O–H groups in total. The molecule has 1 aromatic heterocycles. The van der Waals surface area contributed by atoms with Crippen LogP contribution in [0.4, 0.5) is 17.3 Å². The molecule has 2 heterocycles. The van der Waals surface area contributed by atoms with Crippen LogP contribution in [0.25, 0.3) is 11.6 Å². The quantitative estimate of drug-likeness (QED) is 0.175. The molecule has 1 aliphatic heterocycles. The fourth-order valence-electron chi connectivity index (χ4n) is 3.90. The lowest BCUT2D eigenvalue weighted by Crippen LogP contribution is -2.14. The molecule has 0 radical (unpaired) electrons. The van der Waals surface area contributed by atoms with Gasteiger partial charge in [0, 0.05) is 27.4 Å². The highest BCUT2D eigenvalue weighted by Crippen LogP contribution is 2.49. The summed E-state index contributed by atoms with van der Waals surface area (Å²) in [5, 5.41) is 0. The Balaban J connectivity index is 0.00000119. The standard InChI is InChI=1S/C35H46BrS2.BF4/c1-32(2,3)28-19-23(20-29(37-28)33(4,5)6)17-26(25-13-15-27(36)16-14-25)18-24-21-30(34(7,8)9)38-31(22-24)35(10,11)12;2-1(3,4)5/h13-22H,1-12H3;/q+1;-1. The number of hydrogen-bond acceptors (Lipinski definition) is 1. The summed E-state index contributed by atoms with van der Waals surface area (Å²) >= 11 is 7.52. The van der Waals surface area contributed by atoms with Crippen LogP contribution in [0.1, 0.15) is 104 Å². The average molecular weight is 698 g/mol. The lowest BCUT2D eigenvalue weighted by atomic mass is 9.90. The first-order valence-corrected chi connectivity index (χ1v) is 16.8. The zero-order valence-electron chi connectivity index (χ0n) is 27.6. The number of rotatable bonds is 3. The number of hydrogen-bond donors (Lipinski definition) is 0. The van der Waals surface area contributed by atoms with Crippen molar-refractivity contribution in [3.63, 3.8) is 0 Å². The Morgan fingerprint density at radius 2 is 1.09 bits per heavy atom. The second-order valence-corrected chi connectivity index (χ2v) is 18.1. The summed E-state index contributed by atoms with van der Waals surface area (Å²) in [5.41, 5.74) is 5.36. The van der Waals surface area contributed by atoms with E-state index in [2.05, 4.69) is 160 Å². The van der Waals surface area contributed by atoms with E-state index in [0.29, 0.717) is 0 Å². The first kappa shape index (κ1) is 37.6. The van der Waals surface area contributed by atoms with Crippen molar-refractivity contribution in [2.45, 2.75) is 93.9 Å². The summed E-state index contributed by atoms with van der Waals surface area (Å²) < 4.78 is 40.1. The van der Waals surface area contributed by atoms with E-state index in [0.717, 1.165) is 4.47 Å². The summed E-state index contributed by atoms with van der Waals surface area (Å²) in [6, 6.07) is 13.5. The molecule has 1 aliphatic rings. The van der Waals surface area contributed by atoms with Crippen molar-refractivity contribution in [2.75, 3.05) is 0 Å². The monoisotopic (exact) mass is 696 g/mol. The van der Waals surface area contributed by atoms with Gasteiger partial charge in [-0.15, -0.1) is 0 Å². The summed E-state index contributed by atoms with van der Waals surface area (Å²) in [6.07, 6.45) is 9.54. The molecule has 0 amide bonds. The molecule has 2 aromatic rings. The zero-order valence-corrected chi connectivity index (χ0v) is 30.8. The maximum absolute atomic E-state index is 9.75. The minimum Gasteiger partial charge on any atom is -0.418 e. The van der Waals surface area contributed by atoms with Crippen LogP contribution < -0.4 is 0 Å². The fourth-order valence-corrected chi connectivity index (χ4v) is 6.64. The van der Waals surface area contributed by atoms with Gasteiger partial charge in [-0.2, -0.15) is 0 Å². The molecule has 43 heavy (non-hydrogen) atoms. The van der Waals surface area contributed by atoms with Crippen LogP contribution in [0.15, 0.2) is 74.5 Å². The minimum atomic E-state index is -6.00. The summed E-state index contributed by atoms with van der Waals surface area (Å²) in [4.78, 5) is 5.66. The molecule has 0 saturated heterocycles. The normalized spacial score (nSPS) is 15.4. The lowest BCUT2D eigenvalue weighted by Gasteiger charge is -2.32. The lowest BCUT2D eigenvalue weighted by molar-refractivity contribution is 0.368. The molecule has 0 unspecified atom stereocenters. The minimum absolute atomic E-state index is 0.0973. The summed E-state index contributed by atoms with van der Waals surface area (Å²) in [5.74, 6) is 0. The third-order valence-corrected chi connectivity index (χ3v) is 10.7. The molecular weight excluding hydrogens is 651 g/mol. The molecular formula is C35H46BBrF4S2. The fraction of sp³-hybridized carbons (Fsp3) is 0.457. The molecule has 236 valence electrons. The van der Waals surface area contributed by atoms with Gasteiger partial charge in [0.25, 0.3) is 0 Å². The van der Waals surface area contributed by atoms with Gasteiger partial charge in [-0.05, 0) is 79.4 Å². The van der Waals surface area contributed by atoms with Gasteiger partial charge in [0.05, 0.1) is 0 Å². The number of allylic oxidation sites excluding steroid dienone is 7. The van der Waals surface area contributed by atoms with Gasteiger partial charge >= 0.3 is 7.25 Å². The SMILES string of the molecule is CC(C)(C)C1=CC(=C/C(=C\c2cc(C(C)(C)C)[s+]c(C(C)(C)C)c2)c2ccc(Br)cc2)C=C(C(C)(C)C)S1.F[B-](F)(F)F. The average Bonchev–Trinajstić information content (AvgIpc) is 2.80. The first-order chi connectivity index (χ1) is 19.2. The Labute approximate surface area is 274 Å². The second kappa shape index (κ2) is 13.8. The van der Waals surface area contributed by atoms with Gasteiger partial charge in [-0.25, -0.2) is 0 Å². The van der Waals surface area contributed by atoms with E-state index in [9.17, 15) is 17.3 Å². The van der Waals surface area contributed by atoms with E-state index in [1.54, 1.807) is 0 Å². The highest BCUT2D eigenvalue weighted by Gasteiger charge is 2.32. The van der Waals surface area contributed by atoms with Crippen molar-refractivity contribution in [1.82, 2.24) is 0 Å². The van der Waals surface area contributed by atoms with E-state index in [4.69, 9.17) is 0 Å². The van der Waals surface area contributed by atoms with Crippen LogP contribution in [0.5, 0.6) is 0 Å². The van der Waals surface area contributed by atoms with Crippen LogP contribution in [-0.4, -0.2) is 7.25 Å². The molecule has 0 fully saturated rings. The van der Waals surface area contributed by atoms with E-state index in [1.165, 1.54) is 41.8 Å². The largest absolute Gasteiger partial charge is 0.673 e. The predicted octanol–water partition coefficient (Wildman–Crippen LogP) is 13.8. The molecule has 0 spiro atoms. The topological polar surface area (TPSA) is 0 Å². The Bertz CT molecular complexity index is 1330. The molecule has 0 bridgehead atoms. The van der Waals surface area contributed by atoms with Crippen molar-refractivity contribution in [3.8, 4) is 0 Å². The number of halogens is 5. The van der Waals surface area contributed by atoms with Gasteiger partial charge < -0.3 is 17.3 Å². The highest BCUT2D eigenvalue weighted by molar-refractivity contribution is 9.10. The van der Waals surface area contributed by atoms with Crippen molar-refractivity contribution >= 4 is 57.9 Å². The first-order valence-electron chi connectivity index (χ1n) is 14.4. The number of benzene rings is 1. The molecule has 0 saturated carbocycles. The van der Waals surface area contributed by atoms with E-state index in [-0.39, 0.29) is 21.7 Å².